The van der Waals surface area contributed by atoms with Crippen molar-refractivity contribution in [1.82, 2.24) is 4.90 Å². The van der Waals surface area contributed by atoms with Crippen molar-refractivity contribution in [2.45, 2.75) is 40.2 Å². The molecule has 0 aromatic heterocycles. The van der Waals surface area contributed by atoms with Crippen LogP contribution in [0, 0.1) is 18.3 Å². The number of rotatable bonds is 4. The summed E-state index contributed by atoms with van der Waals surface area (Å²) in [5, 5.41) is 0. The molecule has 3 nitrogen and oxygen atoms in total. The molecule has 118 valence electrons. The highest BCUT2D eigenvalue weighted by molar-refractivity contribution is 5.37. The van der Waals surface area contributed by atoms with E-state index in [4.69, 9.17) is 10.5 Å². The van der Waals surface area contributed by atoms with Crippen LogP contribution in [0.15, 0.2) is 18.2 Å². The number of ether oxygens (including phenoxy) is 1. The Morgan fingerprint density at radius 2 is 2.10 bits per heavy atom. The van der Waals surface area contributed by atoms with Gasteiger partial charge >= 0.3 is 0 Å². The summed E-state index contributed by atoms with van der Waals surface area (Å²) < 4.78 is 5.36. The molecule has 1 aromatic carbocycles. The highest BCUT2D eigenvalue weighted by Gasteiger charge is 2.34. The molecule has 0 aliphatic carbocycles. The van der Waals surface area contributed by atoms with Gasteiger partial charge in [0, 0.05) is 19.1 Å². The Hall–Kier alpha value is -1.06. The first-order valence-corrected chi connectivity index (χ1v) is 7.95. The first kappa shape index (κ1) is 16.3. The smallest absolute Gasteiger partial charge is 0.121 e. The van der Waals surface area contributed by atoms with E-state index in [0.717, 1.165) is 24.8 Å². The van der Waals surface area contributed by atoms with E-state index in [-0.39, 0.29) is 0 Å². The molecule has 0 spiro atoms. The molecule has 0 saturated carbocycles. The molecular formula is C18H30N2O. The van der Waals surface area contributed by atoms with E-state index in [9.17, 15) is 0 Å². The molecule has 0 radical (unpaired) electrons. The molecule has 2 rings (SSSR count). The third-order valence-corrected chi connectivity index (χ3v) is 4.91. The highest BCUT2D eigenvalue weighted by Crippen LogP contribution is 2.37. The molecular weight excluding hydrogens is 260 g/mol. The van der Waals surface area contributed by atoms with Crippen molar-refractivity contribution in [2.24, 2.45) is 17.1 Å². The van der Waals surface area contributed by atoms with E-state index in [2.05, 4.69) is 50.8 Å². The van der Waals surface area contributed by atoms with E-state index in [1.807, 2.05) is 0 Å². The van der Waals surface area contributed by atoms with Crippen LogP contribution in [-0.2, 0) is 0 Å². The SMILES string of the molecule is COc1ccc(C(CN)N2CCC(C(C)(C)C)C2)cc1C. The van der Waals surface area contributed by atoms with Crippen LogP contribution in [-0.4, -0.2) is 31.6 Å². The summed E-state index contributed by atoms with van der Waals surface area (Å²) in [6.07, 6.45) is 1.27. The zero-order valence-corrected chi connectivity index (χ0v) is 14.1. The number of methoxy groups -OCH3 is 1. The minimum atomic E-state index is 0.321. The molecule has 0 bridgehead atoms. The van der Waals surface area contributed by atoms with Crippen LogP contribution in [0.2, 0.25) is 0 Å². The summed E-state index contributed by atoms with van der Waals surface area (Å²) in [5.74, 6) is 1.70. The van der Waals surface area contributed by atoms with E-state index < -0.39 is 0 Å². The van der Waals surface area contributed by atoms with Crippen molar-refractivity contribution in [1.29, 1.82) is 0 Å². The van der Waals surface area contributed by atoms with Crippen molar-refractivity contribution in [2.75, 3.05) is 26.7 Å². The monoisotopic (exact) mass is 290 g/mol. The Bertz CT molecular complexity index is 479. The van der Waals surface area contributed by atoms with Gasteiger partial charge in [0.1, 0.15) is 5.75 Å². The van der Waals surface area contributed by atoms with Crippen LogP contribution in [0.25, 0.3) is 0 Å². The summed E-state index contributed by atoms with van der Waals surface area (Å²) in [6, 6.07) is 6.76. The van der Waals surface area contributed by atoms with Crippen LogP contribution in [0.3, 0.4) is 0 Å². The maximum Gasteiger partial charge on any atom is 0.121 e. The Morgan fingerprint density at radius 3 is 2.57 bits per heavy atom. The first-order chi connectivity index (χ1) is 9.86. The molecule has 2 atom stereocenters. The van der Waals surface area contributed by atoms with Gasteiger partial charge < -0.3 is 10.5 Å². The topological polar surface area (TPSA) is 38.5 Å². The van der Waals surface area contributed by atoms with Crippen molar-refractivity contribution in [3.63, 3.8) is 0 Å². The number of aryl methyl sites for hydroxylation is 1. The van der Waals surface area contributed by atoms with Gasteiger partial charge in [0.05, 0.1) is 7.11 Å². The largest absolute Gasteiger partial charge is 0.496 e. The fourth-order valence-corrected chi connectivity index (χ4v) is 3.38. The molecule has 1 aliphatic rings. The van der Waals surface area contributed by atoms with Gasteiger partial charge in [-0.25, -0.2) is 0 Å². The van der Waals surface area contributed by atoms with Crippen molar-refractivity contribution in [3.05, 3.63) is 29.3 Å². The van der Waals surface area contributed by atoms with E-state index in [1.54, 1.807) is 7.11 Å². The first-order valence-electron chi connectivity index (χ1n) is 7.95. The van der Waals surface area contributed by atoms with E-state index >= 15 is 0 Å². The van der Waals surface area contributed by atoms with Gasteiger partial charge in [0.15, 0.2) is 0 Å². The van der Waals surface area contributed by atoms with Crippen molar-refractivity contribution >= 4 is 0 Å². The van der Waals surface area contributed by atoms with Crippen molar-refractivity contribution < 1.29 is 4.74 Å². The summed E-state index contributed by atoms with van der Waals surface area (Å²) in [7, 11) is 1.72. The third-order valence-electron chi connectivity index (χ3n) is 4.91. The maximum atomic E-state index is 6.09. The second-order valence-electron chi connectivity index (χ2n) is 7.33. The van der Waals surface area contributed by atoms with Crippen molar-refractivity contribution in [3.8, 4) is 5.75 Å². The average Bonchev–Trinajstić information content (AvgIpc) is 2.89. The molecule has 0 amide bonds. The Kier molecular flexibility index (Phi) is 4.95. The second kappa shape index (κ2) is 6.37. The normalized spacial score (nSPS) is 21.5. The minimum Gasteiger partial charge on any atom is -0.496 e. The average molecular weight is 290 g/mol. The number of nitrogens with two attached hydrogens (primary N) is 1. The fraction of sp³-hybridized carbons (Fsp3) is 0.667. The summed E-state index contributed by atoms with van der Waals surface area (Å²) in [6.45, 7) is 12.1. The lowest BCUT2D eigenvalue weighted by Gasteiger charge is -2.30. The maximum absolute atomic E-state index is 6.09. The molecule has 1 heterocycles. The van der Waals surface area contributed by atoms with Crippen LogP contribution < -0.4 is 10.5 Å². The Balaban J connectivity index is 2.15. The predicted molar refractivity (Wildman–Crippen MR) is 88.7 cm³/mol. The quantitative estimate of drug-likeness (QED) is 0.924. The predicted octanol–water partition coefficient (Wildman–Crippen LogP) is 3.37. The molecule has 3 heteroatoms. The van der Waals surface area contributed by atoms with Gasteiger partial charge in [0.25, 0.3) is 0 Å². The summed E-state index contributed by atoms with van der Waals surface area (Å²) in [5.41, 5.74) is 8.96. The lowest BCUT2D eigenvalue weighted by Crippen LogP contribution is -2.33. The zero-order chi connectivity index (χ0) is 15.6. The molecule has 1 aliphatic heterocycles. The van der Waals surface area contributed by atoms with Crippen LogP contribution in [0.5, 0.6) is 5.75 Å². The number of benzene rings is 1. The molecule has 1 saturated heterocycles. The molecule has 1 fully saturated rings. The molecule has 21 heavy (non-hydrogen) atoms. The minimum absolute atomic E-state index is 0.321. The molecule has 1 aromatic rings. The van der Waals surface area contributed by atoms with Crippen LogP contribution in [0.1, 0.15) is 44.4 Å². The van der Waals surface area contributed by atoms with Gasteiger partial charge in [-0.05, 0) is 48.4 Å². The van der Waals surface area contributed by atoms with Crippen LogP contribution >= 0.6 is 0 Å². The number of hydrogen-bond acceptors (Lipinski definition) is 3. The standard InChI is InChI=1S/C18H30N2O/c1-13-10-14(6-7-17(13)21-5)16(11-19)20-9-8-15(12-20)18(2,3)4/h6-7,10,15-16H,8-9,11-12,19H2,1-5H3. The van der Waals surface area contributed by atoms with E-state index in [0.29, 0.717) is 18.0 Å². The number of hydrogen-bond donors (Lipinski definition) is 1. The highest BCUT2D eigenvalue weighted by atomic mass is 16.5. The van der Waals surface area contributed by atoms with Gasteiger partial charge in [-0.3, -0.25) is 4.90 Å². The summed E-state index contributed by atoms with van der Waals surface area (Å²) >= 11 is 0. The van der Waals surface area contributed by atoms with Gasteiger partial charge in [0.2, 0.25) is 0 Å². The number of nitrogens with zero attached hydrogens (tertiary/aromatic N) is 1. The molecule has 2 N–H and O–H groups in total. The van der Waals surface area contributed by atoms with Gasteiger partial charge in [-0.15, -0.1) is 0 Å². The van der Waals surface area contributed by atoms with E-state index in [1.165, 1.54) is 17.5 Å². The third kappa shape index (κ3) is 3.58. The Labute approximate surface area is 129 Å². The van der Waals surface area contributed by atoms with Crippen LogP contribution in [0.4, 0.5) is 0 Å². The van der Waals surface area contributed by atoms with Gasteiger partial charge in [-0.2, -0.15) is 0 Å². The zero-order valence-electron chi connectivity index (χ0n) is 14.1. The van der Waals surface area contributed by atoms with Gasteiger partial charge in [-0.1, -0.05) is 32.9 Å². The lowest BCUT2D eigenvalue weighted by molar-refractivity contribution is 0.197. The number of likely N-dealkylation sites (tertiary alicyclic amines) is 1. The second-order valence-corrected chi connectivity index (χ2v) is 7.33. The fourth-order valence-electron chi connectivity index (χ4n) is 3.38. The lowest BCUT2D eigenvalue weighted by atomic mass is 9.80. The summed E-state index contributed by atoms with van der Waals surface area (Å²) in [4.78, 5) is 2.55. The Morgan fingerprint density at radius 1 is 1.38 bits per heavy atom. The molecule has 2 unspecified atom stereocenters.